The summed E-state index contributed by atoms with van der Waals surface area (Å²) in [4.78, 5) is 15.1. The van der Waals surface area contributed by atoms with Crippen LogP contribution in [0.2, 0.25) is 5.02 Å². The van der Waals surface area contributed by atoms with Gasteiger partial charge < -0.3 is 14.3 Å². The number of hydrogen-bond donors (Lipinski definition) is 1. The summed E-state index contributed by atoms with van der Waals surface area (Å²) < 4.78 is 10.2. The molecule has 0 bridgehead atoms. The third kappa shape index (κ3) is 4.23. The number of ether oxygens (including phenoxy) is 1. The molecule has 0 fully saturated rings. The molecule has 112 valence electrons. The lowest BCUT2D eigenvalue weighted by atomic mass is 10.1. The molecular weight excluding hydrogens is 294 g/mol. The summed E-state index contributed by atoms with van der Waals surface area (Å²) in [7, 11) is 1.38. The van der Waals surface area contributed by atoms with Gasteiger partial charge in [0.05, 0.1) is 18.9 Å². The molecule has 1 N–H and O–H groups in total. The van der Waals surface area contributed by atoms with Crippen LogP contribution in [0.4, 0.5) is 0 Å². The fourth-order valence-corrected chi connectivity index (χ4v) is 2.08. The van der Waals surface area contributed by atoms with E-state index in [2.05, 4.69) is 9.72 Å². The summed E-state index contributed by atoms with van der Waals surface area (Å²) >= 11 is 5.90. The molecule has 1 aromatic heterocycles. The first-order valence-corrected chi connectivity index (χ1v) is 6.98. The molecule has 0 aliphatic heterocycles. The Morgan fingerprint density at radius 2 is 2.24 bits per heavy atom. The molecular formula is C15H16ClNO4. The zero-order valence-corrected chi connectivity index (χ0v) is 12.4. The van der Waals surface area contributed by atoms with Crippen LogP contribution < -0.4 is 0 Å². The highest BCUT2D eigenvalue weighted by molar-refractivity contribution is 6.30. The first-order valence-electron chi connectivity index (χ1n) is 6.60. The van der Waals surface area contributed by atoms with Crippen LogP contribution in [0, 0.1) is 0 Å². The molecule has 0 aliphatic rings. The predicted octanol–water partition coefficient (Wildman–Crippen LogP) is 3.59. The fourth-order valence-electron chi connectivity index (χ4n) is 1.90. The lowest BCUT2D eigenvalue weighted by Gasteiger charge is -2.01. The normalized spacial score (nSPS) is 10.6. The third-order valence-electron chi connectivity index (χ3n) is 3.03. The molecule has 0 saturated heterocycles. The minimum atomic E-state index is -0.216. The number of benzene rings is 1. The van der Waals surface area contributed by atoms with E-state index in [1.807, 2.05) is 0 Å². The number of carbonyl (C=O) groups excluding carboxylic acids is 1. The van der Waals surface area contributed by atoms with Crippen LogP contribution in [0.3, 0.4) is 0 Å². The van der Waals surface area contributed by atoms with E-state index >= 15 is 0 Å². The van der Waals surface area contributed by atoms with Crippen LogP contribution in [0.1, 0.15) is 25.2 Å². The number of hydrogen-bond acceptors (Lipinski definition) is 5. The van der Waals surface area contributed by atoms with Gasteiger partial charge in [-0.05, 0) is 31.0 Å². The molecule has 5 nitrogen and oxygen atoms in total. The lowest BCUT2D eigenvalue weighted by Crippen LogP contribution is -1.99. The van der Waals surface area contributed by atoms with Crippen molar-refractivity contribution in [3.05, 3.63) is 35.3 Å². The lowest BCUT2D eigenvalue weighted by molar-refractivity contribution is -0.140. The fraction of sp³-hybridized carbons (Fsp3) is 0.333. The number of esters is 1. The molecule has 0 radical (unpaired) electrons. The third-order valence-corrected chi connectivity index (χ3v) is 3.26. The molecule has 6 heteroatoms. The molecule has 0 unspecified atom stereocenters. The second-order valence-electron chi connectivity index (χ2n) is 4.56. The van der Waals surface area contributed by atoms with E-state index in [0.717, 1.165) is 6.42 Å². The van der Waals surface area contributed by atoms with E-state index in [1.54, 1.807) is 18.3 Å². The largest absolute Gasteiger partial charge is 0.507 e. The Balaban J connectivity index is 1.95. The minimum absolute atomic E-state index is 0.0905. The van der Waals surface area contributed by atoms with Crippen molar-refractivity contribution < 1.29 is 19.1 Å². The van der Waals surface area contributed by atoms with Crippen LogP contribution >= 0.6 is 11.6 Å². The molecule has 21 heavy (non-hydrogen) atoms. The first-order chi connectivity index (χ1) is 10.1. The molecule has 2 rings (SSSR count). The zero-order chi connectivity index (χ0) is 15.2. The van der Waals surface area contributed by atoms with Crippen molar-refractivity contribution in [2.45, 2.75) is 25.7 Å². The van der Waals surface area contributed by atoms with Crippen molar-refractivity contribution in [3.63, 3.8) is 0 Å². The van der Waals surface area contributed by atoms with E-state index in [-0.39, 0.29) is 11.7 Å². The van der Waals surface area contributed by atoms with Crippen LogP contribution in [-0.2, 0) is 16.0 Å². The maximum atomic E-state index is 11.0. The molecule has 0 atom stereocenters. The van der Waals surface area contributed by atoms with Gasteiger partial charge in [0.25, 0.3) is 0 Å². The number of carbonyl (C=O) groups is 1. The molecule has 0 spiro atoms. The van der Waals surface area contributed by atoms with Crippen LogP contribution in [0.5, 0.6) is 5.75 Å². The van der Waals surface area contributed by atoms with Gasteiger partial charge in [-0.1, -0.05) is 11.6 Å². The number of halogens is 1. The number of aromatic hydroxyl groups is 1. The average Bonchev–Trinajstić information content (AvgIpc) is 2.94. The van der Waals surface area contributed by atoms with Crippen LogP contribution in [-0.4, -0.2) is 23.2 Å². The maximum Gasteiger partial charge on any atom is 0.305 e. The van der Waals surface area contributed by atoms with Gasteiger partial charge in [-0.2, -0.15) is 0 Å². The van der Waals surface area contributed by atoms with Crippen molar-refractivity contribution in [2.24, 2.45) is 0 Å². The quantitative estimate of drug-likeness (QED) is 0.652. The molecule has 1 heterocycles. The van der Waals surface area contributed by atoms with E-state index < -0.39 is 0 Å². The number of oxazole rings is 1. The van der Waals surface area contributed by atoms with Crippen molar-refractivity contribution in [2.75, 3.05) is 7.11 Å². The predicted molar refractivity (Wildman–Crippen MR) is 78.2 cm³/mol. The Labute approximate surface area is 127 Å². The van der Waals surface area contributed by atoms with Crippen molar-refractivity contribution in [3.8, 4) is 17.1 Å². The van der Waals surface area contributed by atoms with E-state index in [4.69, 9.17) is 16.0 Å². The Kier molecular flexibility index (Phi) is 5.22. The number of unbranched alkanes of at least 4 members (excludes halogenated alkanes) is 1. The standard InChI is InChI=1S/C15H16ClNO4/c1-20-15(19)5-3-2-4-14-17-9-13(21-14)11-8-10(16)6-7-12(11)18/h6-9,18H,2-5H2,1H3. The summed E-state index contributed by atoms with van der Waals surface area (Å²) in [5, 5.41) is 10.3. The molecule has 2 aromatic rings. The Hall–Kier alpha value is -2.01. The molecule has 0 aliphatic carbocycles. The number of rotatable bonds is 6. The minimum Gasteiger partial charge on any atom is -0.507 e. The van der Waals surface area contributed by atoms with Gasteiger partial charge in [0.2, 0.25) is 0 Å². The second kappa shape index (κ2) is 7.13. The highest BCUT2D eigenvalue weighted by Gasteiger charge is 2.11. The Bertz CT molecular complexity index is 624. The van der Waals surface area contributed by atoms with Crippen molar-refractivity contribution in [1.82, 2.24) is 4.98 Å². The summed E-state index contributed by atoms with van der Waals surface area (Å²) in [6.45, 7) is 0. The van der Waals surface area contributed by atoms with E-state index in [1.165, 1.54) is 13.2 Å². The first kappa shape index (κ1) is 15.4. The monoisotopic (exact) mass is 309 g/mol. The van der Waals surface area contributed by atoms with Crippen LogP contribution in [0.15, 0.2) is 28.8 Å². The van der Waals surface area contributed by atoms with E-state index in [9.17, 15) is 9.90 Å². The molecule has 0 amide bonds. The number of nitrogens with zero attached hydrogens (tertiary/aromatic N) is 1. The van der Waals surface area contributed by atoms with Gasteiger partial charge in [0.15, 0.2) is 11.7 Å². The molecule has 1 aromatic carbocycles. The van der Waals surface area contributed by atoms with Gasteiger partial charge in [0.1, 0.15) is 5.75 Å². The summed E-state index contributed by atoms with van der Waals surface area (Å²) in [5.41, 5.74) is 0.510. The van der Waals surface area contributed by atoms with Gasteiger partial charge >= 0.3 is 5.97 Å². The second-order valence-corrected chi connectivity index (χ2v) is 5.00. The summed E-state index contributed by atoms with van der Waals surface area (Å²) in [6.07, 6.45) is 4.06. The average molecular weight is 310 g/mol. The van der Waals surface area contributed by atoms with E-state index in [0.29, 0.717) is 41.5 Å². The van der Waals surface area contributed by atoms with Crippen molar-refractivity contribution >= 4 is 17.6 Å². The molecule has 0 saturated carbocycles. The number of aryl methyl sites for hydroxylation is 1. The topological polar surface area (TPSA) is 72.6 Å². The highest BCUT2D eigenvalue weighted by Crippen LogP contribution is 2.32. The van der Waals surface area contributed by atoms with Crippen molar-refractivity contribution in [1.29, 1.82) is 0 Å². The maximum absolute atomic E-state index is 11.0. The van der Waals surface area contributed by atoms with Gasteiger partial charge in [-0.15, -0.1) is 0 Å². The van der Waals surface area contributed by atoms with Crippen LogP contribution in [0.25, 0.3) is 11.3 Å². The summed E-state index contributed by atoms with van der Waals surface area (Å²) in [5.74, 6) is 0.909. The Morgan fingerprint density at radius 3 is 3.00 bits per heavy atom. The zero-order valence-electron chi connectivity index (χ0n) is 11.6. The number of phenols is 1. The van der Waals surface area contributed by atoms with Gasteiger partial charge in [-0.25, -0.2) is 4.98 Å². The highest BCUT2D eigenvalue weighted by atomic mass is 35.5. The SMILES string of the molecule is COC(=O)CCCCc1ncc(-c2cc(Cl)ccc2O)o1. The Morgan fingerprint density at radius 1 is 1.43 bits per heavy atom. The smallest absolute Gasteiger partial charge is 0.305 e. The van der Waals surface area contributed by atoms with Gasteiger partial charge in [-0.3, -0.25) is 4.79 Å². The number of phenolic OH excluding ortho intramolecular Hbond substituents is 1. The number of methoxy groups -OCH3 is 1. The number of aromatic nitrogens is 1. The summed E-state index contributed by atoms with van der Waals surface area (Å²) in [6, 6.07) is 4.74. The van der Waals surface area contributed by atoms with Gasteiger partial charge in [0, 0.05) is 17.9 Å².